The first-order valence-corrected chi connectivity index (χ1v) is 10.9. The van der Waals surface area contributed by atoms with Crippen LogP contribution in [0.15, 0.2) is 30.5 Å². The van der Waals surface area contributed by atoms with Gasteiger partial charge in [-0.25, -0.2) is 4.98 Å². The number of aromatic nitrogens is 2. The van der Waals surface area contributed by atoms with Crippen molar-refractivity contribution in [2.75, 3.05) is 12.4 Å². The highest BCUT2D eigenvalue weighted by atomic mass is 16.5. The monoisotopic (exact) mass is 446 g/mol. The first-order chi connectivity index (χ1) is 15.9. The third-order valence-corrected chi connectivity index (χ3v) is 6.30. The van der Waals surface area contributed by atoms with Crippen LogP contribution in [0.4, 0.5) is 5.95 Å². The molecule has 9 nitrogen and oxygen atoms in total. The van der Waals surface area contributed by atoms with Gasteiger partial charge in [-0.2, -0.15) is 10.2 Å². The van der Waals surface area contributed by atoms with Gasteiger partial charge in [0.1, 0.15) is 11.6 Å². The van der Waals surface area contributed by atoms with E-state index < -0.39 is 5.91 Å². The summed E-state index contributed by atoms with van der Waals surface area (Å²) in [7, 11) is 1.47. The Morgan fingerprint density at radius 3 is 2.91 bits per heavy atom. The molecule has 1 aromatic heterocycles. The van der Waals surface area contributed by atoms with Gasteiger partial charge in [-0.1, -0.05) is 18.2 Å². The molecule has 0 bridgehead atoms. The number of primary amides is 1. The normalized spacial score (nSPS) is 20.2. The molecule has 2 aromatic rings. The summed E-state index contributed by atoms with van der Waals surface area (Å²) in [4.78, 5) is 35.4. The second kappa shape index (κ2) is 9.28. The zero-order valence-corrected chi connectivity index (χ0v) is 18.7. The third-order valence-electron chi connectivity index (χ3n) is 6.30. The second-order valence-electron chi connectivity index (χ2n) is 8.26. The molecule has 1 aromatic carbocycles. The maximum Gasteiger partial charge on any atom is 0.254 e. The predicted molar refractivity (Wildman–Crippen MR) is 122 cm³/mol. The summed E-state index contributed by atoms with van der Waals surface area (Å²) in [6.45, 7) is 2.30. The molecule has 1 fully saturated rings. The van der Waals surface area contributed by atoms with Gasteiger partial charge in [0.2, 0.25) is 17.7 Å². The zero-order chi connectivity index (χ0) is 23.5. The molecule has 0 spiro atoms. The van der Waals surface area contributed by atoms with E-state index in [0.717, 1.165) is 31.2 Å². The summed E-state index contributed by atoms with van der Waals surface area (Å²) in [5, 5.41) is 12.4. The minimum absolute atomic E-state index is 0.0197. The molecule has 2 atom stereocenters. The molecule has 4 rings (SSSR count). The quantitative estimate of drug-likeness (QED) is 0.651. The van der Waals surface area contributed by atoms with Crippen LogP contribution in [-0.2, 0) is 11.3 Å². The van der Waals surface area contributed by atoms with E-state index in [4.69, 9.17) is 15.7 Å². The van der Waals surface area contributed by atoms with Crippen LogP contribution < -0.4 is 15.8 Å². The lowest BCUT2D eigenvalue weighted by Crippen LogP contribution is -2.42. The molecule has 1 saturated carbocycles. The Labute approximate surface area is 192 Å². The number of anilines is 1. The van der Waals surface area contributed by atoms with Crippen molar-refractivity contribution in [1.82, 2.24) is 14.9 Å². The van der Waals surface area contributed by atoms with Crippen molar-refractivity contribution in [1.29, 1.82) is 5.26 Å². The number of carbonyl (C=O) groups excluding carboxylic acids is 2. The topological polar surface area (TPSA) is 134 Å². The molecule has 2 amide bonds. The Hall–Kier alpha value is -3.93. The Balaban J connectivity index is 1.48. The van der Waals surface area contributed by atoms with Gasteiger partial charge < -0.3 is 20.7 Å². The number of fused-ring (bicyclic) bond motifs is 1. The number of methoxy groups -OCH3 is 1. The number of benzene rings is 1. The summed E-state index contributed by atoms with van der Waals surface area (Å²) in [6.07, 6.45) is 6.69. The van der Waals surface area contributed by atoms with Crippen LogP contribution in [-0.4, -0.2) is 45.9 Å². The van der Waals surface area contributed by atoms with Gasteiger partial charge in [0.05, 0.1) is 13.3 Å². The van der Waals surface area contributed by atoms with Gasteiger partial charge in [0, 0.05) is 29.8 Å². The Morgan fingerprint density at radius 1 is 1.39 bits per heavy atom. The lowest BCUT2D eigenvalue weighted by Gasteiger charge is -2.35. The van der Waals surface area contributed by atoms with E-state index in [0.29, 0.717) is 29.2 Å². The van der Waals surface area contributed by atoms with Crippen LogP contribution in [0.2, 0.25) is 0 Å². The first kappa shape index (κ1) is 22.3. The van der Waals surface area contributed by atoms with Crippen LogP contribution in [0.3, 0.4) is 0 Å². The highest BCUT2D eigenvalue weighted by Crippen LogP contribution is 2.33. The molecule has 0 radical (unpaired) electrons. The Bertz CT molecular complexity index is 1170. The molecule has 2 heterocycles. The highest BCUT2D eigenvalue weighted by Gasteiger charge is 2.36. The number of nitrogens with zero attached hydrogens (tertiary/aromatic N) is 4. The lowest BCUT2D eigenvalue weighted by molar-refractivity contribution is -0.112. The summed E-state index contributed by atoms with van der Waals surface area (Å²) in [5.74, 6) is 0.110. The van der Waals surface area contributed by atoms with Crippen LogP contribution in [0.5, 0.6) is 5.88 Å². The number of nitrogens with two attached hydrogens (primary N) is 1. The molecular weight excluding hydrogens is 420 g/mol. The number of nitriles is 1. The maximum absolute atomic E-state index is 13.2. The number of allylic oxidation sites excluding steroid dienone is 1. The molecule has 3 N–H and O–H groups in total. The number of nitrogens with one attached hydrogen (secondary N) is 1. The van der Waals surface area contributed by atoms with Crippen LogP contribution in [0.25, 0.3) is 5.57 Å². The molecule has 0 saturated heterocycles. The van der Waals surface area contributed by atoms with Crippen molar-refractivity contribution in [3.63, 3.8) is 0 Å². The summed E-state index contributed by atoms with van der Waals surface area (Å²) >= 11 is 0. The summed E-state index contributed by atoms with van der Waals surface area (Å²) in [6, 6.07) is 7.70. The molecule has 2 aliphatic rings. The van der Waals surface area contributed by atoms with Crippen molar-refractivity contribution < 1.29 is 14.3 Å². The van der Waals surface area contributed by atoms with Crippen LogP contribution >= 0.6 is 0 Å². The van der Waals surface area contributed by atoms with E-state index in [1.807, 2.05) is 23.1 Å². The number of hydrogen-bond acceptors (Lipinski definition) is 7. The van der Waals surface area contributed by atoms with Crippen LogP contribution in [0, 0.1) is 11.3 Å². The van der Waals surface area contributed by atoms with Crippen molar-refractivity contribution in [2.24, 2.45) is 5.73 Å². The fraction of sp³-hybridized carbons (Fsp3) is 0.375. The summed E-state index contributed by atoms with van der Waals surface area (Å²) in [5.41, 5.74) is 8.41. The molecular formula is C24H26N6O3. The van der Waals surface area contributed by atoms with E-state index in [-0.39, 0.29) is 29.4 Å². The largest absolute Gasteiger partial charge is 0.480 e. The van der Waals surface area contributed by atoms with E-state index in [2.05, 4.69) is 15.3 Å². The molecule has 0 unspecified atom stereocenters. The number of rotatable bonds is 6. The molecule has 1 aliphatic carbocycles. The zero-order valence-electron chi connectivity index (χ0n) is 18.7. The Kier molecular flexibility index (Phi) is 6.27. The maximum atomic E-state index is 13.2. The van der Waals surface area contributed by atoms with Crippen molar-refractivity contribution >= 4 is 23.3 Å². The van der Waals surface area contributed by atoms with Gasteiger partial charge in [0.25, 0.3) is 5.91 Å². The smallest absolute Gasteiger partial charge is 0.254 e. The molecule has 170 valence electrons. The number of amides is 2. The fourth-order valence-electron chi connectivity index (χ4n) is 4.67. The minimum atomic E-state index is -0.511. The standard InChI is InChI=1S/C24H26N6O3/c1-3-19(21(26)31)14-7-8-15-13-30(23(32)20(15)9-14)18-6-4-5-17(10-18)28-24-27-12-16(11-25)22(29-24)33-2/h3,7-9,12,17-18H,4-6,10,13H2,1-2H3,(H2,26,31)(H,27,28,29)/t17-,18+/m1/s1. The van der Waals surface area contributed by atoms with Crippen molar-refractivity contribution in [3.8, 4) is 11.9 Å². The molecule has 9 heteroatoms. The number of carbonyl (C=O) groups is 2. The average Bonchev–Trinajstić information content (AvgIpc) is 3.15. The van der Waals surface area contributed by atoms with Crippen LogP contribution in [0.1, 0.15) is 59.7 Å². The minimum Gasteiger partial charge on any atom is -0.480 e. The van der Waals surface area contributed by atoms with Gasteiger partial charge >= 0.3 is 0 Å². The molecule has 33 heavy (non-hydrogen) atoms. The summed E-state index contributed by atoms with van der Waals surface area (Å²) < 4.78 is 5.17. The number of hydrogen-bond donors (Lipinski definition) is 2. The third kappa shape index (κ3) is 4.37. The van der Waals surface area contributed by atoms with Crippen molar-refractivity contribution in [2.45, 2.75) is 51.2 Å². The van der Waals surface area contributed by atoms with Gasteiger partial charge in [-0.05, 0) is 49.8 Å². The van der Waals surface area contributed by atoms with E-state index in [1.54, 1.807) is 19.1 Å². The SMILES string of the molecule is CC=C(C(N)=O)c1ccc2c(c1)C(=O)N([C@H]1CCC[C@@H](Nc3ncc(C#N)c(OC)n3)C1)C2. The lowest BCUT2D eigenvalue weighted by atomic mass is 9.90. The first-order valence-electron chi connectivity index (χ1n) is 10.9. The van der Waals surface area contributed by atoms with E-state index in [1.165, 1.54) is 13.3 Å². The van der Waals surface area contributed by atoms with E-state index >= 15 is 0 Å². The Morgan fingerprint density at radius 2 is 2.21 bits per heavy atom. The van der Waals surface area contributed by atoms with E-state index in [9.17, 15) is 9.59 Å². The van der Waals surface area contributed by atoms with Gasteiger partial charge in [0.15, 0.2) is 0 Å². The fourth-order valence-corrected chi connectivity index (χ4v) is 4.67. The molecule has 1 aliphatic heterocycles. The highest BCUT2D eigenvalue weighted by molar-refractivity contribution is 6.19. The predicted octanol–water partition coefficient (Wildman–Crippen LogP) is 2.62. The number of ether oxygens (including phenoxy) is 1. The van der Waals surface area contributed by atoms with Crippen molar-refractivity contribution in [3.05, 3.63) is 52.7 Å². The van der Waals surface area contributed by atoms with Gasteiger partial charge in [-0.3, -0.25) is 9.59 Å². The average molecular weight is 447 g/mol. The second-order valence-corrected chi connectivity index (χ2v) is 8.26. The van der Waals surface area contributed by atoms with Gasteiger partial charge in [-0.15, -0.1) is 0 Å².